The average Bonchev–Trinajstić information content (AvgIpc) is 2.53. The van der Waals surface area contributed by atoms with Gasteiger partial charge in [-0.3, -0.25) is 9.59 Å². The second kappa shape index (κ2) is 5.96. The smallest absolute Gasteiger partial charge is 0.254 e. The average molecular weight is 303 g/mol. The van der Waals surface area contributed by atoms with Crippen LogP contribution in [0.25, 0.3) is 0 Å². The van der Waals surface area contributed by atoms with E-state index in [1.54, 1.807) is 17.0 Å². The first kappa shape index (κ1) is 14.8. The number of hydrogen-bond acceptors (Lipinski definition) is 4. The molecular formula is C16H21N3O3. The zero-order chi connectivity index (χ0) is 15.7. The molecule has 0 aromatic heterocycles. The van der Waals surface area contributed by atoms with Crippen LogP contribution >= 0.6 is 0 Å². The molecule has 2 heterocycles. The van der Waals surface area contributed by atoms with E-state index in [2.05, 4.69) is 10.6 Å². The zero-order valence-corrected chi connectivity index (χ0v) is 12.9. The van der Waals surface area contributed by atoms with E-state index in [0.29, 0.717) is 37.6 Å². The summed E-state index contributed by atoms with van der Waals surface area (Å²) in [7, 11) is 0. The lowest BCUT2D eigenvalue weighted by molar-refractivity contribution is -0.117. The van der Waals surface area contributed by atoms with Gasteiger partial charge in [-0.05, 0) is 24.1 Å². The summed E-state index contributed by atoms with van der Waals surface area (Å²) >= 11 is 0. The van der Waals surface area contributed by atoms with Crippen molar-refractivity contribution >= 4 is 23.2 Å². The number of carbonyl (C=O) groups excluding carboxylic acids is 2. The molecule has 22 heavy (non-hydrogen) atoms. The predicted octanol–water partition coefficient (Wildman–Crippen LogP) is 1.55. The molecule has 1 fully saturated rings. The van der Waals surface area contributed by atoms with Gasteiger partial charge >= 0.3 is 0 Å². The second-order valence-corrected chi connectivity index (χ2v) is 6.02. The molecule has 6 heteroatoms. The minimum Gasteiger partial charge on any atom is -0.378 e. The monoisotopic (exact) mass is 303 g/mol. The predicted molar refractivity (Wildman–Crippen MR) is 84.0 cm³/mol. The summed E-state index contributed by atoms with van der Waals surface area (Å²) < 4.78 is 5.26. The van der Waals surface area contributed by atoms with Crippen LogP contribution in [0.5, 0.6) is 0 Å². The third-order valence-corrected chi connectivity index (χ3v) is 4.08. The molecule has 2 amide bonds. The van der Waals surface area contributed by atoms with Crippen molar-refractivity contribution in [2.45, 2.75) is 19.9 Å². The van der Waals surface area contributed by atoms with Gasteiger partial charge in [0.05, 0.1) is 24.6 Å². The van der Waals surface area contributed by atoms with E-state index in [9.17, 15) is 9.59 Å². The number of rotatable bonds is 2. The molecular weight excluding hydrogens is 282 g/mol. The fraction of sp³-hybridized carbons (Fsp3) is 0.500. The van der Waals surface area contributed by atoms with Crippen LogP contribution in [-0.2, 0) is 9.53 Å². The lowest BCUT2D eigenvalue weighted by atomic mass is 9.99. The molecule has 2 aliphatic heterocycles. The van der Waals surface area contributed by atoms with Gasteiger partial charge in [0.25, 0.3) is 5.91 Å². The number of nitrogens with one attached hydrogen (secondary N) is 2. The summed E-state index contributed by atoms with van der Waals surface area (Å²) in [6.07, 6.45) is 0. The summed E-state index contributed by atoms with van der Waals surface area (Å²) in [4.78, 5) is 26.4. The molecule has 2 N–H and O–H groups in total. The Morgan fingerprint density at radius 3 is 2.68 bits per heavy atom. The van der Waals surface area contributed by atoms with Gasteiger partial charge in [-0.25, -0.2) is 0 Å². The van der Waals surface area contributed by atoms with Crippen LogP contribution in [0, 0.1) is 5.92 Å². The first-order chi connectivity index (χ1) is 10.6. The number of carbonyl (C=O) groups is 2. The lowest BCUT2D eigenvalue weighted by Gasteiger charge is -2.30. The number of nitrogens with zero attached hydrogens (tertiary/aromatic N) is 1. The van der Waals surface area contributed by atoms with Gasteiger partial charge in [-0.15, -0.1) is 0 Å². The first-order valence-electron chi connectivity index (χ1n) is 7.65. The molecule has 1 aromatic rings. The number of ether oxygens (including phenoxy) is 1. The fourth-order valence-electron chi connectivity index (χ4n) is 2.77. The van der Waals surface area contributed by atoms with E-state index in [1.807, 2.05) is 19.9 Å². The highest BCUT2D eigenvalue weighted by Crippen LogP contribution is 2.30. The van der Waals surface area contributed by atoms with Crippen molar-refractivity contribution < 1.29 is 14.3 Å². The minimum absolute atomic E-state index is 0.0219. The van der Waals surface area contributed by atoms with Gasteiger partial charge in [-0.1, -0.05) is 13.8 Å². The van der Waals surface area contributed by atoms with Crippen LogP contribution in [0.1, 0.15) is 24.2 Å². The van der Waals surface area contributed by atoms with Gasteiger partial charge < -0.3 is 20.3 Å². The maximum atomic E-state index is 12.5. The zero-order valence-electron chi connectivity index (χ0n) is 12.9. The molecule has 0 radical (unpaired) electrons. The molecule has 1 saturated heterocycles. The van der Waals surface area contributed by atoms with Crippen molar-refractivity contribution in [2.75, 3.05) is 36.9 Å². The van der Waals surface area contributed by atoms with Crippen LogP contribution < -0.4 is 10.6 Å². The van der Waals surface area contributed by atoms with Crippen LogP contribution in [-0.4, -0.2) is 49.1 Å². The Bertz CT molecular complexity index is 594. The topological polar surface area (TPSA) is 70.7 Å². The van der Waals surface area contributed by atoms with E-state index in [-0.39, 0.29) is 23.8 Å². The van der Waals surface area contributed by atoms with Crippen LogP contribution in [0.2, 0.25) is 0 Å². The minimum atomic E-state index is -0.242. The van der Waals surface area contributed by atoms with Crippen molar-refractivity contribution in [1.82, 2.24) is 4.90 Å². The molecule has 0 bridgehead atoms. The van der Waals surface area contributed by atoms with Crippen molar-refractivity contribution in [3.8, 4) is 0 Å². The number of morpholine rings is 1. The Morgan fingerprint density at radius 1 is 1.27 bits per heavy atom. The van der Waals surface area contributed by atoms with Gasteiger partial charge in [0.2, 0.25) is 5.91 Å². The summed E-state index contributed by atoms with van der Waals surface area (Å²) in [6, 6.07) is 5.17. The standard InChI is InChI=1S/C16H21N3O3/c1-10(2)14-15(20)18-13-9-11(3-4-12(13)17-14)16(21)19-5-7-22-8-6-19/h3-4,9-10,14,17H,5-8H2,1-2H3,(H,18,20). The highest BCUT2D eigenvalue weighted by Gasteiger charge is 2.28. The number of anilines is 2. The van der Waals surface area contributed by atoms with E-state index < -0.39 is 0 Å². The van der Waals surface area contributed by atoms with Crippen LogP contribution in [0.15, 0.2) is 18.2 Å². The summed E-state index contributed by atoms with van der Waals surface area (Å²) in [5.74, 6) is 0.118. The maximum absolute atomic E-state index is 12.5. The van der Waals surface area contributed by atoms with Crippen LogP contribution in [0.3, 0.4) is 0 Å². The van der Waals surface area contributed by atoms with Crippen LogP contribution in [0.4, 0.5) is 11.4 Å². The number of amides is 2. The van der Waals surface area contributed by atoms with Crippen molar-refractivity contribution in [3.63, 3.8) is 0 Å². The molecule has 3 rings (SSSR count). The SMILES string of the molecule is CC(C)C1Nc2ccc(C(=O)N3CCOCC3)cc2NC1=O. The lowest BCUT2D eigenvalue weighted by Crippen LogP contribution is -2.43. The Balaban J connectivity index is 1.81. The molecule has 0 aliphatic carbocycles. The molecule has 1 unspecified atom stereocenters. The quantitative estimate of drug-likeness (QED) is 0.869. The first-order valence-corrected chi connectivity index (χ1v) is 7.65. The molecule has 1 atom stereocenters. The van der Waals surface area contributed by atoms with Gasteiger partial charge in [-0.2, -0.15) is 0 Å². The Hall–Kier alpha value is -2.08. The molecule has 2 aliphatic rings. The fourth-order valence-corrected chi connectivity index (χ4v) is 2.77. The number of benzene rings is 1. The molecule has 1 aromatic carbocycles. The van der Waals surface area contributed by atoms with E-state index in [4.69, 9.17) is 4.74 Å². The Kier molecular flexibility index (Phi) is 4.02. The highest BCUT2D eigenvalue weighted by atomic mass is 16.5. The van der Waals surface area contributed by atoms with Gasteiger partial charge in [0, 0.05) is 18.7 Å². The van der Waals surface area contributed by atoms with Crippen molar-refractivity contribution in [2.24, 2.45) is 5.92 Å². The third kappa shape index (κ3) is 2.78. The third-order valence-electron chi connectivity index (χ3n) is 4.08. The summed E-state index contributed by atoms with van der Waals surface area (Å²) in [6.45, 7) is 6.36. The molecule has 118 valence electrons. The number of hydrogen-bond donors (Lipinski definition) is 2. The summed E-state index contributed by atoms with van der Waals surface area (Å²) in [5.41, 5.74) is 2.11. The molecule has 0 spiro atoms. The largest absolute Gasteiger partial charge is 0.378 e. The van der Waals surface area contributed by atoms with E-state index in [0.717, 1.165) is 5.69 Å². The second-order valence-electron chi connectivity index (χ2n) is 6.02. The van der Waals surface area contributed by atoms with E-state index in [1.165, 1.54) is 0 Å². The van der Waals surface area contributed by atoms with Crippen molar-refractivity contribution in [3.05, 3.63) is 23.8 Å². The molecule has 6 nitrogen and oxygen atoms in total. The summed E-state index contributed by atoms with van der Waals surface area (Å²) in [5, 5.41) is 6.13. The van der Waals surface area contributed by atoms with E-state index >= 15 is 0 Å². The van der Waals surface area contributed by atoms with Gasteiger partial charge in [0.15, 0.2) is 0 Å². The molecule has 0 saturated carbocycles. The van der Waals surface area contributed by atoms with Crippen molar-refractivity contribution in [1.29, 1.82) is 0 Å². The maximum Gasteiger partial charge on any atom is 0.254 e. The Morgan fingerprint density at radius 2 is 2.00 bits per heavy atom. The van der Waals surface area contributed by atoms with Gasteiger partial charge in [0.1, 0.15) is 6.04 Å². The Labute approximate surface area is 129 Å². The number of fused-ring (bicyclic) bond motifs is 1. The normalized spacial score (nSPS) is 21.1. The highest BCUT2D eigenvalue weighted by molar-refractivity contribution is 6.05.